The normalized spacial score (nSPS) is 18.0. The van der Waals surface area contributed by atoms with Gasteiger partial charge in [-0.25, -0.2) is 16.8 Å². The van der Waals surface area contributed by atoms with Gasteiger partial charge in [0, 0.05) is 31.7 Å². The molecule has 0 aromatic heterocycles. The van der Waals surface area contributed by atoms with Gasteiger partial charge >= 0.3 is 0 Å². The number of piperidine rings is 1. The minimum absolute atomic E-state index is 0.134. The first-order valence-electron chi connectivity index (χ1n) is 12.0. The summed E-state index contributed by atoms with van der Waals surface area (Å²) in [4.78, 5) is 12.8. The van der Waals surface area contributed by atoms with Crippen LogP contribution in [-0.2, 0) is 24.8 Å². The molecule has 0 aliphatic carbocycles. The number of hydrogen-bond acceptors (Lipinski definition) is 7. The molecule has 0 spiro atoms. The van der Waals surface area contributed by atoms with Crippen molar-refractivity contribution in [3.8, 4) is 5.75 Å². The van der Waals surface area contributed by atoms with Crippen molar-refractivity contribution in [3.05, 3.63) is 54.1 Å². The molecule has 2 aromatic rings. The zero-order valence-corrected chi connectivity index (χ0v) is 21.6. The topological polar surface area (TPSA) is 122 Å². The van der Waals surface area contributed by atoms with Gasteiger partial charge in [0.25, 0.3) is 5.91 Å². The average molecular weight is 538 g/mol. The SMILES string of the molecule is O=C(NCCOc1ccc(S(=O)(=O)N2CCCCC2)cc1)c1ccc(S(=O)(=O)N2CCOCC2)cc1. The molecule has 2 heterocycles. The van der Waals surface area contributed by atoms with Gasteiger partial charge in [0.05, 0.1) is 29.5 Å². The largest absolute Gasteiger partial charge is 0.492 e. The number of amides is 1. The Morgan fingerprint density at radius 1 is 0.778 bits per heavy atom. The van der Waals surface area contributed by atoms with Gasteiger partial charge in [-0.3, -0.25) is 4.79 Å². The molecule has 2 fully saturated rings. The fourth-order valence-electron chi connectivity index (χ4n) is 4.11. The quantitative estimate of drug-likeness (QED) is 0.483. The maximum atomic E-state index is 12.7. The van der Waals surface area contributed by atoms with Crippen molar-refractivity contribution in [1.82, 2.24) is 13.9 Å². The van der Waals surface area contributed by atoms with E-state index in [1.54, 1.807) is 12.1 Å². The molecule has 0 unspecified atom stereocenters. The van der Waals surface area contributed by atoms with Crippen molar-refractivity contribution in [2.24, 2.45) is 0 Å². The second kappa shape index (κ2) is 11.7. The van der Waals surface area contributed by atoms with Crippen LogP contribution in [-0.4, -0.2) is 83.9 Å². The second-order valence-electron chi connectivity index (χ2n) is 8.58. The summed E-state index contributed by atoms with van der Waals surface area (Å²) in [6, 6.07) is 12.1. The van der Waals surface area contributed by atoms with E-state index in [4.69, 9.17) is 9.47 Å². The van der Waals surface area contributed by atoms with E-state index in [1.165, 1.54) is 45.0 Å². The van der Waals surface area contributed by atoms with Crippen molar-refractivity contribution in [1.29, 1.82) is 0 Å². The summed E-state index contributed by atoms with van der Waals surface area (Å²) in [6.07, 6.45) is 2.81. The van der Waals surface area contributed by atoms with Crippen LogP contribution in [0.25, 0.3) is 0 Å². The predicted octanol–water partition coefficient (Wildman–Crippen LogP) is 1.69. The van der Waals surface area contributed by atoms with E-state index in [9.17, 15) is 21.6 Å². The molecule has 2 saturated heterocycles. The third-order valence-corrected chi connectivity index (χ3v) is 9.98. The van der Waals surface area contributed by atoms with Crippen LogP contribution in [0.15, 0.2) is 58.3 Å². The molecule has 12 heteroatoms. The molecule has 0 atom stereocenters. The molecule has 0 radical (unpaired) electrons. The van der Waals surface area contributed by atoms with Crippen LogP contribution in [0.1, 0.15) is 29.6 Å². The Bertz CT molecular complexity index is 1240. The van der Waals surface area contributed by atoms with Crippen LogP contribution < -0.4 is 10.1 Å². The highest BCUT2D eigenvalue weighted by Gasteiger charge is 2.27. The summed E-state index contributed by atoms with van der Waals surface area (Å²) in [5.74, 6) is 0.149. The highest BCUT2D eigenvalue weighted by molar-refractivity contribution is 7.89. The lowest BCUT2D eigenvalue weighted by molar-refractivity contribution is 0.0730. The molecule has 2 aliphatic rings. The molecule has 36 heavy (non-hydrogen) atoms. The highest BCUT2D eigenvalue weighted by Crippen LogP contribution is 2.23. The van der Waals surface area contributed by atoms with E-state index < -0.39 is 20.0 Å². The predicted molar refractivity (Wildman–Crippen MR) is 133 cm³/mol. The number of sulfonamides is 2. The van der Waals surface area contributed by atoms with Gasteiger partial charge in [0.1, 0.15) is 12.4 Å². The molecule has 10 nitrogen and oxygen atoms in total. The Morgan fingerprint density at radius 2 is 1.31 bits per heavy atom. The Kier molecular flexibility index (Phi) is 8.62. The van der Waals surface area contributed by atoms with E-state index in [0.29, 0.717) is 50.7 Å². The molecular formula is C24H31N3O7S2. The van der Waals surface area contributed by atoms with Crippen molar-refractivity contribution in [2.45, 2.75) is 29.1 Å². The van der Waals surface area contributed by atoms with E-state index in [-0.39, 0.29) is 28.8 Å². The minimum Gasteiger partial charge on any atom is -0.492 e. The van der Waals surface area contributed by atoms with Crippen molar-refractivity contribution in [3.63, 3.8) is 0 Å². The van der Waals surface area contributed by atoms with Gasteiger partial charge in [-0.2, -0.15) is 8.61 Å². The molecule has 1 N–H and O–H groups in total. The van der Waals surface area contributed by atoms with Crippen LogP contribution in [0.2, 0.25) is 0 Å². The number of morpholine rings is 1. The average Bonchev–Trinajstić information content (AvgIpc) is 2.92. The summed E-state index contributed by atoms with van der Waals surface area (Å²) >= 11 is 0. The molecule has 0 saturated carbocycles. The summed E-state index contributed by atoms with van der Waals surface area (Å²) in [5.41, 5.74) is 0.336. The number of nitrogens with one attached hydrogen (secondary N) is 1. The lowest BCUT2D eigenvalue weighted by Gasteiger charge is -2.26. The number of benzene rings is 2. The van der Waals surface area contributed by atoms with Gasteiger partial charge in [-0.1, -0.05) is 6.42 Å². The number of nitrogens with zero attached hydrogens (tertiary/aromatic N) is 2. The first-order valence-corrected chi connectivity index (χ1v) is 14.9. The number of hydrogen-bond donors (Lipinski definition) is 1. The Morgan fingerprint density at radius 3 is 1.89 bits per heavy atom. The standard InChI is InChI=1S/C24H31N3O7S2/c28-24(20-4-8-22(9-5-20)36(31,32)27-15-18-33-19-16-27)25-12-17-34-21-6-10-23(11-7-21)35(29,30)26-13-2-1-3-14-26/h4-11H,1-3,12-19H2,(H,25,28). The third-order valence-electron chi connectivity index (χ3n) is 6.16. The number of carbonyl (C=O) groups excluding carboxylic acids is 1. The fourth-order valence-corrected chi connectivity index (χ4v) is 7.04. The van der Waals surface area contributed by atoms with Gasteiger partial charge in [0.2, 0.25) is 20.0 Å². The summed E-state index contributed by atoms with van der Waals surface area (Å²) < 4.78 is 64.5. The Labute approximate surface area is 212 Å². The van der Waals surface area contributed by atoms with Gasteiger partial charge in [-0.05, 0) is 61.4 Å². The van der Waals surface area contributed by atoms with E-state index in [0.717, 1.165) is 19.3 Å². The van der Waals surface area contributed by atoms with Gasteiger partial charge in [0.15, 0.2) is 0 Å². The first-order chi connectivity index (χ1) is 17.3. The zero-order valence-electron chi connectivity index (χ0n) is 20.0. The smallest absolute Gasteiger partial charge is 0.251 e. The molecule has 1 amide bonds. The number of ether oxygens (including phenoxy) is 2. The molecule has 4 rings (SSSR count). The maximum absolute atomic E-state index is 12.7. The highest BCUT2D eigenvalue weighted by atomic mass is 32.2. The lowest BCUT2D eigenvalue weighted by Crippen LogP contribution is -2.40. The van der Waals surface area contributed by atoms with Crippen molar-refractivity contribution < 1.29 is 31.1 Å². The minimum atomic E-state index is -3.61. The zero-order chi connectivity index (χ0) is 25.6. The van der Waals surface area contributed by atoms with E-state index >= 15 is 0 Å². The monoisotopic (exact) mass is 537 g/mol. The third kappa shape index (κ3) is 6.24. The lowest BCUT2D eigenvalue weighted by atomic mass is 10.2. The molecule has 0 bridgehead atoms. The summed E-state index contributed by atoms with van der Waals surface area (Å²) in [6.45, 7) is 2.85. The molecule has 2 aliphatic heterocycles. The van der Waals surface area contributed by atoms with Crippen molar-refractivity contribution >= 4 is 26.0 Å². The van der Waals surface area contributed by atoms with Gasteiger partial charge < -0.3 is 14.8 Å². The fraction of sp³-hybridized carbons (Fsp3) is 0.458. The first kappa shape index (κ1) is 26.6. The van der Waals surface area contributed by atoms with Gasteiger partial charge in [-0.15, -0.1) is 0 Å². The van der Waals surface area contributed by atoms with Crippen LogP contribution in [0.3, 0.4) is 0 Å². The van der Waals surface area contributed by atoms with Crippen LogP contribution in [0.4, 0.5) is 0 Å². The van der Waals surface area contributed by atoms with Crippen LogP contribution >= 0.6 is 0 Å². The molecular weight excluding hydrogens is 506 g/mol. The second-order valence-corrected chi connectivity index (χ2v) is 12.5. The number of carbonyl (C=O) groups is 1. The summed E-state index contributed by atoms with van der Waals surface area (Å²) in [5, 5.41) is 2.73. The number of rotatable bonds is 9. The van der Waals surface area contributed by atoms with Crippen LogP contribution in [0.5, 0.6) is 5.75 Å². The molecule has 2 aromatic carbocycles. The summed E-state index contributed by atoms with van der Waals surface area (Å²) in [7, 11) is -7.10. The van der Waals surface area contributed by atoms with Crippen LogP contribution in [0, 0.1) is 0 Å². The van der Waals surface area contributed by atoms with E-state index in [1.807, 2.05) is 0 Å². The van der Waals surface area contributed by atoms with E-state index in [2.05, 4.69) is 5.32 Å². The maximum Gasteiger partial charge on any atom is 0.251 e. The molecule has 196 valence electrons. The van der Waals surface area contributed by atoms with Crippen molar-refractivity contribution in [2.75, 3.05) is 52.5 Å². The Hall–Kier alpha value is -2.51. The Balaban J connectivity index is 1.24.